The van der Waals surface area contributed by atoms with Crippen molar-refractivity contribution in [1.82, 2.24) is 10.5 Å². The Morgan fingerprint density at radius 1 is 1.02 bits per heavy atom. The van der Waals surface area contributed by atoms with Crippen molar-refractivity contribution < 1.29 is 36.8 Å². The summed E-state index contributed by atoms with van der Waals surface area (Å²) in [6, 6.07) is 17.4. The van der Waals surface area contributed by atoms with Gasteiger partial charge in [0.25, 0.3) is 0 Å². The van der Waals surface area contributed by atoms with E-state index in [-0.39, 0.29) is 5.92 Å². The third-order valence-corrected chi connectivity index (χ3v) is 11.2. The summed E-state index contributed by atoms with van der Waals surface area (Å²) in [5.41, 5.74) is 2.06. The molecular formula is C34H40N4O8S. The molecule has 2 saturated carbocycles. The van der Waals surface area contributed by atoms with Crippen LogP contribution in [0.4, 0.5) is 21.0 Å². The number of piperidine rings is 1. The fourth-order valence-electron chi connectivity index (χ4n) is 6.38. The van der Waals surface area contributed by atoms with Crippen molar-refractivity contribution in [3.63, 3.8) is 0 Å². The van der Waals surface area contributed by atoms with Crippen LogP contribution in [0.15, 0.2) is 59.1 Å². The van der Waals surface area contributed by atoms with Gasteiger partial charge in [-0.15, -0.1) is 0 Å². The van der Waals surface area contributed by atoms with Crippen LogP contribution in [0.5, 0.6) is 0 Å². The van der Waals surface area contributed by atoms with Crippen LogP contribution in [-0.4, -0.2) is 56.8 Å². The molecule has 2 N–H and O–H groups in total. The zero-order valence-electron chi connectivity index (χ0n) is 26.8. The zero-order chi connectivity index (χ0) is 33.4. The monoisotopic (exact) mass is 664 g/mol. The van der Waals surface area contributed by atoms with Crippen LogP contribution in [0.1, 0.15) is 80.1 Å². The van der Waals surface area contributed by atoms with E-state index in [4.69, 9.17) is 14.0 Å². The second kappa shape index (κ2) is 12.7. The molecule has 1 atom stereocenters. The molecule has 12 nitrogen and oxygen atoms in total. The summed E-state index contributed by atoms with van der Waals surface area (Å²) in [7, 11) is -2.97. The first-order valence-corrected chi connectivity index (χ1v) is 17.6. The van der Waals surface area contributed by atoms with E-state index in [1.165, 1.54) is 7.11 Å². The van der Waals surface area contributed by atoms with Crippen LogP contribution in [0.2, 0.25) is 0 Å². The van der Waals surface area contributed by atoms with E-state index in [2.05, 4.69) is 20.7 Å². The number of rotatable bonds is 10. The summed E-state index contributed by atoms with van der Waals surface area (Å²) in [6.45, 7) is 5.11. The number of esters is 1. The molecule has 250 valence electrons. The van der Waals surface area contributed by atoms with Crippen molar-refractivity contribution in [2.24, 2.45) is 5.41 Å². The molecule has 2 aromatic carbocycles. The fraction of sp³-hybridized carbons (Fsp3) is 0.471. The van der Waals surface area contributed by atoms with Gasteiger partial charge in [-0.1, -0.05) is 47.6 Å². The number of aryl methyl sites for hydroxylation is 1. The van der Waals surface area contributed by atoms with Gasteiger partial charge in [0.05, 0.1) is 23.8 Å². The second-order valence-corrected chi connectivity index (χ2v) is 14.8. The Labute approximate surface area is 274 Å². The summed E-state index contributed by atoms with van der Waals surface area (Å²) in [4.78, 5) is 39.9. The fourth-order valence-corrected chi connectivity index (χ4v) is 8.00. The Balaban J connectivity index is 1.03. The maximum Gasteiger partial charge on any atom is 0.412 e. The third-order valence-electron chi connectivity index (χ3n) is 9.63. The Morgan fingerprint density at radius 2 is 1.68 bits per heavy atom. The first-order chi connectivity index (χ1) is 22.4. The molecule has 0 bridgehead atoms. The van der Waals surface area contributed by atoms with Gasteiger partial charge < -0.3 is 24.2 Å². The number of hydrogen-bond acceptors (Lipinski definition) is 10. The maximum absolute atomic E-state index is 12.9. The number of nitrogens with zero attached hydrogens (tertiary/aromatic N) is 2. The quantitative estimate of drug-likeness (QED) is 0.256. The molecule has 6 rings (SSSR count). The molecule has 47 heavy (non-hydrogen) atoms. The number of methoxy groups -OCH3 is 1. The number of anilines is 2. The van der Waals surface area contributed by atoms with Gasteiger partial charge in [-0.3, -0.25) is 14.9 Å². The lowest BCUT2D eigenvalue weighted by Crippen LogP contribution is -2.41. The Morgan fingerprint density at radius 3 is 2.28 bits per heavy atom. The standard InChI is InChI=1S/C34H40N4O8S/c1-22-28(35-31(40)45-23(2)24-7-5-4-6-8-24)29(46-37-22)25-13-19-38(20-14-25)27-11-9-26(10-12-27)34(17-18-34)36-32(41)47(42,43)21-33(15-16-33)30(39)44-3/h4-12,23,25H,13-21H2,1-3H3,(H,35,40)(H,36,41)/t23-/m1/s1. The van der Waals surface area contributed by atoms with E-state index in [1.807, 2.05) is 61.5 Å². The van der Waals surface area contributed by atoms with E-state index in [1.54, 1.807) is 6.92 Å². The van der Waals surface area contributed by atoms with Crippen LogP contribution in [0.3, 0.4) is 0 Å². The average molecular weight is 665 g/mol. The molecule has 2 aliphatic carbocycles. The molecule has 3 aromatic rings. The highest BCUT2D eigenvalue weighted by molar-refractivity contribution is 8.06. The van der Waals surface area contributed by atoms with Gasteiger partial charge in [-0.2, -0.15) is 0 Å². The molecule has 1 aliphatic heterocycles. The van der Waals surface area contributed by atoms with Gasteiger partial charge in [0.15, 0.2) is 5.76 Å². The van der Waals surface area contributed by atoms with E-state index in [0.29, 0.717) is 42.8 Å². The normalized spacial score (nSPS) is 18.9. The van der Waals surface area contributed by atoms with Gasteiger partial charge in [0.1, 0.15) is 17.5 Å². The van der Waals surface area contributed by atoms with Crippen LogP contribution in [0, 0.1) is 12.3 Å². The van der Waals surface area contributed by atoms with E-state index in [9.17, 15) is 22.8 Å². The Kier molecular flexibility index (Phi) is 8.77. The highest BCUT2D eigenvalue weighted by atomic mass is 32.2. The van der Waals surface area contributed by atoms with Gasteiger partial charge in [0.2, 0.25) is 9.84 Å². The van der Waals surface area contributed by atoms with Gasteiger partial charge >= 0.3 is 17.3 Å². The average Bonchev–Trinajstić information content (AvgIpc) is 4.00. The third kappa shape index (κ3) is 6.85. The molecule has 0 radical (unpaired) electrons. The van der Waals surface area contributed by atoms with Crippen LogP contribution < -0.4 is 15.5 Å². The van der Waals surface area contributed by atoms with E-state index >= 15 is 0 Å². The number of hydrogen-bond donors (Lipinski definition) is 2. The van der Waals surface area contributed by atoms with Crippen molar-refractivity contribution in [1.29, 1.82) is 0 Å². The summed E-state index contributed by atoms with van der Waals surface area (Å²) in [5.74, 6) is -0.417. The molecule has 0 spiro atoms. The lowest BCUT2D eigenvalue weighted by molar-refractivity contribution is -0.146. The maximum atomic E-state index is 12.9. The SMILES string of the molecule is COC(=O)C1(CS(=O)(=O)C(=O)NC2(c3ccc(N4CCC(c5onc(C)c5NC(=O)O[C@H](C)c5ccccc5)CC4)cc3)CC2)CC1. The van der Waals surface area contributed by atoms with Gasteiger partial charge in [0, 0.05) is 24.7 Å². The van der Waals surface area contributed by atoms with Crippen molar-refractivity contribution >= 4 is 38.5 Å². The number of carbonyl (C=O) groups excluding carboxylic acids is 3. The molecule has 2 heterocycles. The number of carbonyl (C=O) groups is 3. The number of benzene rings is 2. The first-order valence-electron chi connectivity index (χ1n) is 15.9. The largest absolute Gasteiger partial charge is 0.469 e. The summed E-state index contributed by atoms with van der Waals surface area (Å²) in [6.07, 6.45) is 2.64. The van der Waals surface area contributed by atoms with Crippen molar-refractivity contribution in [3.8, 4) is 0 Å². The minimum Gasteiger partial charge on any atom is -0.469 e. The number of sulfone groups is 1. The molecule has 0 unspecified atom stereocenters. The smallest absolute Gasteiger partial charge is 0.412 e. The minimum absolute atomic E-state index is 0.0643. The summed E-state index contributed by atoms with van der Waals surface area (Å²) >= 11 is 0. The van der Waals surface area contributed by atoms with Crippen LogP contribution >= 0.6 is 0 Å². The van der Waals surface area contributed by atoms with E-state index in [0.717, 1.165) is 42.7 Å². The van der Waals surface area contributed by atoms with E-state index < -0.39 is 49.9 Å². The van der Waals surface area contributed by atoms with Gasteiger partial charge in [-0.05, 0) is 75.6 Å². The van der Waals surface area contributed by atoms with Crippen molar-refractivity contribution in [2.45, 2.75) is 69.9 Å². The molecule has 2 amide bonds. The lowest BCUT2D eigenvalue weighted by atomic mass is 9.92. The van der Waals surface area contributed by atoms with Crippen LogP contribution in [0.25, 0.3) is 0 Å². The predicted octanol–water partition coefficient (Wildman–Crippen LogP) is 5.74. The first kappa shape index (κ1) is 32.5. The van der Waals surface area contributed by atoms with Crippen molar-refractivity contribution in [2.75, 3.05) is 36.2 Å². The molecule has 13 heteroatoms. The molecule has 3 aliphatic rings. The Bertz CT molecular complexity index is 1740. The van der Waals surface area contributed by atoms with Gasteiger partial charge in [-0.25, -0.2) is 13.2 Å². The predicted molar refractivity (Wildman–Crippen MR) is 174 cm³/mol. The topological polar surface area (TPSA) is 157 Å². The minimum atomic E-state index is -4.19. The number of nitrogens with one attached hydrogen (secondary N) is 2. The summed E-state index contributed by atoms with van der Waals surface area (Å²) in [5, 5.41) is 8.67. The molecule has 1 saturated heterocycles. The molecule has 3 fully saturated rings. The highest BCUT2D eigenvalue weighted by Gasteiger charge is 2.56. The molecular weight excluding hydrogens is 624 g/mol. The number of amides is 2. The van der Waals surface area contributed by atoms with Crippen LogP contribution in [-0.2, 0) is 29.6 Å². The Hall–Kier alpha value is -4.39. The lowest BCUT2D eigenvalue weighted by Gasteiger charge is -2.33. The summed E-state index contributed by atoms with van der Waals surface area (Å²) < 4.78 is 41.7. The number of ether oxygens (including phenoxy) is 2. The van der Waals surface area contributed by atoms with Crippen molar-refractivity contribution in [3.05, 3.63) is 77.2 Å². The highest BCUT2D eigenvalue weighted by Crippen LogP contribution is 2.49. The zero-order valence-corrected chi connectivity index (χ0v) is 27.6. The second-order valence-electron chi connectivity index (χ2n) is 12.9. The number of aromatic nitrogens is 1. The molecule has 1 aromatic heterocycles.